The van der Waals surface area contributed by atoms with E-state index in [2.05, 4.69) is 10.6 Å². The van der Waals surface area contributed by atoms with Crippen LogP contribution in [0.15, 0.2) is 24.3 Å². The molecule has 1 aromatic carbocycles. The number of amides is 2. The minimum atomic E-state index is -0.938. The minimum absolute atomic E-state index is 0.0426. The van der Waals surface area contributed by atoms with Gasteiger partial charge >= 0.3 is 5.97 Å². The smallest absolute Gasteiger partial charge is 0.335 e. The Morgan fingerprint density at radius 2 is 1.37 bits per heavy atom. The first-order valence-corrected chi connectivity index (χ1v) is 12.7. The van der Waals surface area contributed by atoms with Crippen LogP contribution in [0.1, 0.15) is 75.1 Å². The molecule has 0 atom stereocenters. The van der Waals surface area contributed by atoms with Crippen LogP contribution in [0.25, 0.3) is 0 Å². The van der Waals surface area contributed by atoms with Crippen molar-refractivity contribution < 1.29 is 33.7 Å². The number of unbranched alkanes of at least 4 members (excludes halogenated alkanes) is 6. The first-order valence-electron chi connectivity index (χ1n) is 12.7. The molecule has 0 spiro atoms. The van der Waals surface area contributed by atoms with E-state index in [1.54, 1.807) is 24.3 Å². The summed E-state index contributed by atoms with van der Waals surface area (Å²) in [5.74, 6) is -0.317. The van der Waals surface area contributed by atoms with E-state index < -0.39 is 5.97 Å². The molecule has 0 saturated heterocycles. The maximum atomic E-state index is 11.8. The predicted molar refractivity (Wildman–Crippen MR) is 134 cm³/mol. The molecule has 0 saturated carbocycles. The number of carbonyl (C=O) groups excluding carboxylic acids is 2. The Morgan fingerprint density at radius 3 is 2.06 bits per heavy atom. The van der Waals surface area contributed by atoms with E-state index in [4.69, 9.17) is 19.3 Å². The summed E-state index contributed by atoms with van der Waals surface area (Å²) >= 11 is 0. The summed E-state index contributed by atoms with van der Waals surface area (Å²) < 4.78 is 16.2. The number of carbonyl (C=O) groups is 3. The Hall–Kier alpha value is -2.65. The van der Waals surface area contributed by atoms with Crippen LogP contribution in [0, 0.1) is 0 Å². The maximum Gasteiger partial charge on any atom is 0.335 e. The van der Waals surface area contributed by atoms with E-state index in [0.29, 0.717) is 51.7 Å². The Balaban J connectivity index is 1.82. The van der Waals surface area contributed by atoms with Crippen LogP contribution in [-0.4, -0.2) is 69.0 Å². The molecule has 198 valence electrons. The highest BCUT2D eigenvalue weighted by atomic mass is 16.5. The van der Waals surface area contributed by atoms with Crippen molar-refractivity contribution in [3.05, 3.63) is 29.8 Å². The number of ether oxygens (including phenoxy) is 3. The van der Waals surface area contributed by atoms with Crippen molar-refractivity contribution in [1.29, 1.82) is 0 Å². The van der Waals surface area contributed by atoms with Crippen molar-refractivity contribution in [3.8, 4) is 5.75 Å². The second kappa shape index (κ2) is 20.7. The Kier molecular flexibility index (Phi) is 18.0. The van der Waals surface area contributed by atoms with E-state index in [9.17, 15) is 14.4 Å². The Bertz CT molecular complexity index is 710. The van der Waals surface area contributed by atoms with Gasteiger partial charge in [-0.25, -0.2) is 4.79 Å². The highest BCUT2D eigenvalue weighted by Crippen LogP contribution is 2.14. The summed E-state index contributed by atoms with van der Waals surface area (Å²) in [7, 11) is 0. The number of hydrogen-bond acceptors (Lipinski definition) is 6. The molecule has 0 radical (unpaired) electrons. The van der Waals surface area contributed by atoms with Gasteiger partial charge in [-0.05, 0) is 43.5 Å². The van der Waals surface area contributed by atoms with E-state index in [1.807, 2.05) is 6.92 Å². The number of hydrogen-bond donors (Lipinski definition) is 3. The predicted octanol–water partition coefficient (Wildman–Crippen LogP) is 3.56. The average Bonchev–Trinajstić information content (AvgIpc) is 2.85. The van der Waals surface area contributed by atoms with E-state index >= 15 is 0 Å². The van der Waals surface area contributed by atoms with Gasteiger partial charge in [-0.1, -0.05) is 39.0 Å². The second-order valence-electron chi connectivity index (χ2n) is 8.27. The zero-order chi connectivity index (χ0) is 25.6. The topological polar surface area (TPSA) is 123 Å². The second-order valence-corrected chi connectivity index (χ2v) is 8.27. The van der Waals surface area contributed by atoms with Crippen molar-refractivity contribution in [3.63, 3.8) is 0 Å². The third-order valence-electron chi connectivity index (χ3n) is 5.16. The largest absolute Gasteiger partial charge is 0.494 e. The first-order chi connectivity index (χ1) is 17.0. The van der Waals surface area contributed by atoms with Gasteiger partial charge in [0.2, 0.25) is 11.8 Å². The molecule has 0 aliphatic heterocycles. The number of nitrogens with one attached hydrogen (secondary N) is 2. The molecule has 35 heavy (non-hydrogen) atoms. The van der Waals surface area contributed by atoms with Crippen molar-refractivity contribution in [1.82, 2.24) is 10.6 Å². The van der Waals surface area contributed by atoms with Crippen LogP contribution in [0.2, 0.25) is 0 Å². The number of carboxylic acids is 1. The lowest BCUT2D eigenvalue weighted by Crippen LogP contribution is -2.29. The van der Waals surface area contributed by atoms with Crippen LogP contribution in [0.5, 0.6) is 5.75 Å². The van der Waals surface area contributed by atoms with Crippen molar-refractivity contribution in [2.75, 3.05) is 46.1 Å². The van der Waals surface area contributed by atoms with Gasteiger partial charge in [-0.15, -0.1) is 0 Å². The minimum Gasteiger partial charge on any atom is -0.494 e. The summed E-state index contributed by atoms with van der Waals surface area (Å²) in [5, 5.41) is 14.5. The standard InChI is InChI=1S/C26H42N2O7/c1-2-15-27-25(30)21-34-20-19-33-18-16-28-24(29)10-8-6-4-3-5-7-9-17-35-23-13-11-22(12-14-23)26(31)32/h11-14H,2-10,15-21H2,1H3,(H,27,30)(H,28,29)(H,31,32). The van der Waals surface area contributed by atoms with Gasteiger partial charge in [0.05, 0.1) is 32.0 Å². The molecule has 0 unspecified atom stereocenters. The lowest BCUT2D eigenvalue weighted by atomic mass is 10.1. The van der Waals surface area contributed by atoms with Gasteiger partial charge in [0.15, 0.2) is 0 Å². The van der Waals surface area contributed by atoms with E-state index in [0.717, 1.165) is 51.4 Å². The molecule has 9 nitrogen and oxygen atoms in total. The third-order valence-corrected chi connectivity index (χ3v) is 5.16. The molecule has 9 heteroatoms. The van der Waals surface area contributed by atoms with Crippen LogP contribution >= 0.6 is 0 Å². The lowest BCUT2D eigenvalue weighted by molar-refractivity contribution is -0.126. The average molecular weight is 495 g/mol. The van der Waals surface area contributed by atoms with Crippen molar-refractivity contribution in [2.24, 2.45) is 0 Å². The molecular weight excluding hydrogens is 452 g/mol. The molecule has 3 N–H and O–H groups in total. The summed E-state index contributed by atoms with van der Waals surface area (Å²) in [6.07, 6.45) is 8.80. The van der Waals surface area contributed by atoms with Crippen LogP contribution in [0.3, 0.4) is 0 Å². The van der Waals surface area contributed by atoms with Gasteiger partial charge in [-0.3, -0.25) is 9.59 Å². The molecule has 1 aromatic rings. The highest BCUT2D eigenvalue weighted by molar-refractivity contribution is 5.87. The third kappa shape index (κ3) is 17.4. The van der Waals surface area contributed by atoms with Gasteiger partial charge in [0, 0.05) is 19.5 Å². The van der Waals surface area contributed by atoms with Crippen molar-refractivity contribution in [2.45, 2.75) is 64.7 Å². The molecule has 0 heterocycles. The fraction of sp³-hybridized carbons (Fsp3) is 0.654. The fourth-order valence-corrected chi connectivity index (χ4v) is 3.21. The number of benzene rings is 1. The summed E-state index contributed by atoms with van der Waals surface area (Å²) in [6.45, 7) is 4.96. The van der Waals surface area contributed by atoms with Crippen molar-refractivity contribution >= 4 is 17.8 Å². The normalized spacial score (nSPS) is 10.7. The molecule has 0 bridgehead atoms. The molecule has 0 fully saturated rings. The number of carboxylic acid groups (broad SMARTS) is 1. The van der Waals surface area contributed by atoms with Crippen LogP contribution < -0.4 is 15.4 Å². The molecule has 1 rings (SSSR count). The fourth-order valence-electron chi connectivity index (χ4n) is 3.21. The zero-order valence-electron chi connectivity index (χ0n) is 21.0. The summed E-state index contributed by atoms with van der Waals surface area (Å²) in [5.41, 5.74) is 0.257. The lowest BCUT2D eigenvalue weighted by Gasteiger charge is -2.08. The van der Waals surface area contributed by atoms with Gasteiger partial charge < -0.3 is 30.0 Å². The molecule has 0 aliphatic rings. The van der Waals surface area contributed by atoms with E-state index in [-0.39, 0.29) is 24.0 Å². The first kappa shape index (κ1) is 30.4. The summed E-state index contributed by atoms with van der Waals surface area (Å²) in [4.78, 5) is 34.0. The highest BCUT2D eigenvalue weighted by Gasteiger charge is 2.03. The molecular formula is C26H42N2O7. The molecule has 0 aliphatic carbocycles. The molecule has 0 aromatic heterocycles. The SMILES string of the molecule is CCCNC(=O)COCCOCCNC(=O)CCCCCCCCCOc1ccc(C(=O)O)cc1. The van der Waals surface area contributed by atoms with Crippen LogP contribution in [-0.2, 0) is 19.1 Å². The number of rotatable bonds is 22. The van der Waals surface area contributed by atoms with Gasteiger partial charge in [0.25, 0.3) is 0 Å². The van der Waals surface area contributed by atoms with E-state index in [1.165, 1.54) is 0 Å². The van der Waals surface area contributed by atoms with Crippen LogP contribution in [0.4, 0.5) is 0 Å². The van der Waals surface area contributed by atoms with Gasteiger partial charge in [0.1, 0.15) is 12.4 Å². The number of aromatic carboxylic acids is 1. The Morgan fingerprint density at radius 1 is 0.743 bits per heavy atom. The Labute approximate surface area is 208 Å². The van der Waals surface area contributed by atoms with Gasteiger partial charge in [-0.2, -0.15) is 0 Å². The summed E-state index contributed by atoms with van der Waals surface area (Å²) in [6, 6.07) is 6.45. The molecule has 2 amide bonds. The quantitative estimate of drug-likeness (QED) is 0.211. The monoisotopic (exact) mass is 494 g/mol. The zero-order valence-corrected chi connectivity index (χ0v) is 21.0. The maximum absolute atomic E-state index is 11.8.